The Labute approximate surface area is 69.7 Å². The molecule has 0 atom stereocenters. The molecular formula is C9H7N3. The summed E-state index contributed by atoms with van der Waals surface area (Å²) in [5.41, 5.74) is 2.39. The lowest BCUT2D eigenvalue weighted by Gasteiger charge is -1.90. The molecule has 0 saturated carbocycles. The molecule has 2 rings (SSSR count). The SMILES string of the molecule is Cc1ccc2c(C#N)c[nH]c2n1. The number of aryl methyl sites for hydroxylation is 1. The Balaban J connectivity index is 2.84. The van der Waals surface area contributed by atoms with Crippen LogP contribution in [0.4, 0.5) is 0 Å². The highest BCUT2D eigenvalue weighted by Gasteiger charge is 2.02. The molecule has 0 amide bonds. The van der Waals surface area contributed by atoms with Crippen molar-refractivity contribution in [3.8, 4) is 6.07 Å². The van der Waals surface area contributed by atoms with Crippen molar-refractivity contribution in [3.63, 3.8) is 0 Å². The second-order valence-corrected chi connectivity index (χ2v) is 2.66. The predicted octanol–water partition coefficient (Wildman–Crippen LogP) is 1.74. The highest BCUT2D eigenvalue weighted by atomic mass is 14.8. The van der Waals surface area contributed by atoms with E-state index in [1.165, 1.54) is 0 Å². The zero-order valence-electron chi connectivity index (χ0n) is 6.63. The number of hydrogen-bond acceptors (Lipinski definition) is 2. The minimum Gasteiger partial charge on any atom is -0.345 e. The van der Waals surface area contributed by atoms with Crippen LogP contribution in [0.25, 0.3) is 11.0 Å². The number of pyridine rings is 1. The monoisotopic (exact) mass is 157 g/mol. The number of nitriles is 1. The summed E-state index contributed by atoms with van der Waals surface area (Å²) in [6.07, 6.45) is 1.68. The number of rotatable bonds is 0. The van der Waals surface area contributed by atoms with Crippen LogP contribution in [0.2, 0.25) is 0 Å². The Hall–Kier alpha value is -1.82. The molecule has 2 aromatic rings. The first-order chi connectivity index (χ1) is 5.81. The van der Waals surface area contributed by atoms with Crippen LogP contribution in [0, 0.1) is 18.3 Å². The van der Waals surface area contributed by atoms with Gasteiger partial charge in [0.15, 0.2) is 0 Å². The molecule has 58 valence electrons. The van der Waals surface area contributed by atoms with E-state index in [2.05, 4.69) is 16.0 Å². The van der Waals surface area contributed by atoms with Gasteiger partial charge >= 0.3 is 0 Å². The molecule has 0 spiro atoms. The highest BCUT2D eigenvalue weighted by Crippen LogP contribution is 2.15. The third kappa shape index (κ3) is 0.857. The van der Waals surface area contributed by atoms with Crippen molar-refractivity contribution in [2.75, 3.05) is 0 Å². The lowest BCUT2D eigenvalue weighted by Crippen LogP contribution is -1.80. The van der Waals surface area contributed by atoms with E-state index in [-0.39, 0.29) is 0 Å². The van der Waals surface area contributed by atoms with Crippen LogP contribution in [0.5, 0.6) is 0 Å². The van der Waals surface area contributed by atoms with Crippen LogP contribution in [0.3, 0.4) is 0 Å². The van der Waals surface area contributed by atoms with E-state index < -0.39 is 0 Å². The molecule has 3 heteroatoms. The molecule has 2 aromatic heterocycles. The van der Waals surface area contributed by atoms with Gasteiger partial charge < -0.3 is 4.98 Å². The van der Waals surface area contributed by atoms with Gasteiger partial charge in [-0.15, -0.1) is 0 Å². The molecule has 0 fully saturated rings. The van der Waals surface area contributed by atoms with Gasteiger partial charge in [0.25, 0.3) is 0 Å². The summed E-state index contributed by atoms with van der Waals surface area (Å²) >= 11 is 0. The molecule has 0 aliphatic rings. The summed E-state index contributed by atoms with van der Waals surface area (Å²) < 4.78 is 0. The fraction of sp³-hybridized carbons (Fsp3) is 0.111. The predicted molar refractivity (Wildman–Crippen MR) is 45.5 cm³/mol. The summed E-state index contributed by atoms with van der Waals surface area (Å²) in [5, 5.41) is 9.59. The molecule has 3 nitrogen and oxygen atoms in total. The van der Waals surface area contributed by atoms with Crippen LogP contribution >= 0.6 is 0 Å². The maximum Gasteiger partial charge on any atom is 0.138 e. The average Bonchev–Trinajstić information content (AvgIpc) is 2.46. The van der Waals surface area contributed by atoms with E-state index >= 15 is 0 Å². The van der Waals surface area contributed by atoms with Crippen molar-refractivity contribution in [2.45, 2.75) is 6.92 Å². The summed E-state index contributed by atoms with van der Waals surface area (Å²) in [7, 11) is 0. The Kier molecular flexibility index (Phi) is 1.34. The van der Waals surface area contributed by atoms with E-state index in [0.717, 1.165) is 16.7 Å². The molecule has 0 aliphatic heterocycles. The Bertz CT molecular complexity index is 462. The van der Waals surface area contributed by atoms with E-state index in [0.29, 0.717) is 5.56 Å². The van der Waals surface area contributed by atoms with Gasteiger partial charge in [-0.2, -0.15) is 5.26 Å². The quantitative estimate of drug-likeness (QED) is 0.633. The van der Waals surface area contributed by atoms with Gasteiger partial charge in [0.2, 0.25) is 0 Å². The fourth-order valence-electron chi connectivity index (χ4n) is 1.19. The molecule has 0 saturated heterocycles. The molecule has 12 heavy (non-hydrogen) atoms. The van der Waals surface area contributed by atoms with E-state index in [1.54, 1.807) is 6.20 Å². The number of hydrogen-bond donors (Lipinski definition) is 1. The normalized spacial score (nSPS) is 10.0. The zero-order valence-corrected chi connectivity index (χ0v) is 6.63. The highest BCUT2D eigenvalue weighted by molar-refractivity contribution is 5.82. The fourth-order valence-corrected chi connectivity index (χ4v) is 1.19. The first-order valence-electron chi connectivity index (χ1n) is 3.66. The average molecular weight is 157 g/mol. The van der Waals surface area contributed by atoms with Crippen molar-refractivity contribution in [3.05, 3.63) is 29.6 Å². The summed E-state index contributed by atoms with van der Waals surface area (Å²) in [4.78, 5) is 7.18. The van der Waals surface area contributed by atoms with Crippen molar-refractivity contribution in [1.29, 1.82) is 5.26 Å². The summed E-state index contributed by atoms with van der Waals surface area (Å²) in [6.45, 7) is 1.92. The van der Waals surface area contributed by atoms with Gasteiger partial charge in [0.1, 0.15) is 11.7 Å². The third-order valence-electron chi connectivity index (χ3n) is 1.80. The van der Waals surface area contributed by atoms with Gasteiger partial charge in [-0.25, -0.2) is 4.98 Å². The lowest BCUT2D eigenvalue weighted by atomic mass is 10.2. The third-order valence-corrected chi connectivity index (χ3v) is 1.80. The molecule has 2 heterocycles. The molecule has 0 unspecified atom stereocenters. The molecule has 0 bridgehead atoms. The first-order valence-corrected chi connectivity index (χ1v) is 3.66. The van der Waals surface area contributed by atoms with Gasteiger partial charge in [-0.05, 0) is 19.1 Å². The van der Waals surface area contributed by atoms with Crippen molar-refractivity contribution in [2.24, 2.45) is 0 Å². The maximum absolute atomic E-state index is 8.70. The standard InChI is InChI=1S/C9H7N3/c1-6-2-3-8-7(4-10)5-11-9(8)12-6/h2-3,5H,1H3,(H,11,12). The van der Waals surface area contributed by atoms with E-state index in [4.69, 9.17) is 5.26 Å². The van der Waals surface area contributed by atoms with Gasteiger partial charge in [-0.1, -0.05) is 0 Å². The lowest BCUT2D eigenvalue weighted by molar-refractivity contribution is 1.22. The molecule has 0 aliphatic carbocycles. The minimum absolute atomic E-state index is 0.650. The van der Waals surface area contributed by atoms with Crippen molar-refractivity contribution < 1.29 is 0 Å². The topological polar surface area (TPSA) is 52.5 Å². The van der Waals surface area contributed by atoms with Crippen LogP contribution in [-0.4, -0.2) is 9.97 Å². The number of nitrogens with zero attached hydrogens (tertiary/aromatic N) is 2. The van der Waals surface area contributed by atoms with E-state index in [1.807, 2.05) is 19.1 Å². The summed E-state index contributed by atoms with van der Waals surface area (Å²) in [6, 6.07) is 5.91. The second-order valence-electron chi connectivity index (χ2n) is 2.66. The van der Waals surface area contributed by atoms with Crippen molar-refractivity contribution >= 4 is 11.0 Å². The number of aromatic nitrogens is 2. The van der Waals surface area contributed by atoms with Crippen LogP contribution in [-0.2, 0) is 0 Å². The molecule has 1 N–H and O–H groups in total. The van der Waals surface area contributed by atoms with Gasteiger partial charge in [0.05, 0.1) is 5.56 Å². The van der Waals surface area contributed by atoms with Crippen molar-refractivity contribution in [1.82, 2.24) is 9.97 Å². The summed E-state index contributed by atoms with van der Waals surface area (Å²) in [5.74, 6) is 0. The van der Waals surface area contributed by atoms with E-state index in [9.17, 15) is 0 Å². The van der Waals surface area contributed by atoms with Crippen LogP contribution in [0.1, 0.15) is 11.3 Å². The second kappa shape index (κ2) is 2.35. The Morgan fingerprint density at radius 2 is 2.33 bits per heavy atom. The number of fused-ring (bicyclic) bond motifs is 1. The van der Waals surface area contributed by atoms with Gasteiger partial charge in [0, 0.05) is 17.3 Å². The maximum atomic E-state index is 8.70. The smallest absolute Gasteiger partial charge is 0.138 e. The Morgan fingerprint density at radius 1 is 1.50 bits per heavy atom. The molecule has 0 aromatic carbocycles. The Morgan fingerprint density at radius 3 is 3.08 bits per heavy atom. The molecule has 0 radical (unpaired) electrons. The van der Waals surface area contributed by atoms with Crippen LogP contribution < -0.4 is 0 Å². The first kappa shape index (κ1) is 6.86. The largest absolute Gasteiger partial charge is 0.345 e. The number of aromatic amines is 1. The molecular weight excluding hydrogens is 150 g/mol. The zero-order chi connectivity index (χ0) is 8.55. The number of H-pyrrole nitrogens is 1. The number of nitrogens with one attached hydrogen (secondary N) is 1. The van der Waals surface area contributed by atoms with Crippen LogP contribution in [0.15, 0.2) is 18.3 Å². The van der Waals surface area contributed by atoms with Gasteiger partial charge in [-0.3, -0.25) is 0 Å². The minimum atomic E-state index is 0.650.